The molecule has 12 heterocycles. The van der Waals surface area contributed by atoms with E-state index in [1.165, 1.54) is 13.8 Å². The van der Waals surface area contributed by atoms with E-state index in [4.69, 9.17) is 109 Å². The van der Waals surface area contributed by atoms with E-state index in [-0.39, 0.29) is 0 Å². The molecule has 0 radical (unpaired) electrons. The highest BCUT2D eigenvalue weighted by atomic mass is 16.8. The van der Waals surface area contributed by atoms with E-state index in [1.807, 2.05) is 0 Å². The van der Waals surface area contributed by atoms with Crippen molar-refractivity contribution >= 4 is 29.5 Å². The van der Waals surface area contributed by atoms with Crippen molar-refractivity contribution in [3.8, 4) is 0 Å². The third-order valence-corrected chi connectivity index (χ3v) is 27.0. The lowest BCUT2D eigenvalue weighted by atomic mass is 9.93. The molecular weight excluding hydrogens is 2000 g/mol. The molecule has 0 aromatic carbocycles. The highest BCUT2D eigenvalue weighted by molar-refractivity contribution is 5.75. The summed E-state index contributed by atoms with van der Waals surface area (Å²) in [5.41, 5.74) is 0. The Kier molecular flexibility index (Phi) is 42.8. The van der Waals surface area contributed by atoms with Gasteiger partial charge in [-0.3, -0.25) is 24.0 Å². The molecule has 146 heavy (non-hydrogen) atoms. The van der Waals surface area contributed by atoms with Crippen molar-refractivity contribution in [1.82, 2.24) is 26.6 Å². The van der Waals surface area contributed by atoms with E-state index in [1.54, 1.807) is 0 Å². The molecule has 1 unspecified atom stereocenters. The van der Waals surface area contributed by atoms with Crippen LogP contribution in [0.5, 0.6) is 0 Å². The third kappa shape index (κ3) is 26.4. The SMILES string of the molecule is CC(=O)N[C@H]1[C@H](O[C@H]2[C@H](O)[C@@H](NC(C)=O)C(O)O[C@@H]2CO[C@@H]2O[C@@H](C)[C@@H](O)[C@@H](O)[C@@H]2O)O[C@H](CO)[C@@H](O[C@@H]2O[C@H](CO[C@H]3O[C@H](CO)[C@@H](O)[C@H](O)[C@@H]3O[C@@H]3O[C@H](CO)[C@@H](O[C@@H]4O[C@H](CO)[C@H](O)[C@H](O[C@H]5O[C@H](CO)[C@H](O)[C@H](O)[C@H]5NC(C)=O)[C@H]4O[C@@H]4O[C@@H](C)[C@@H](O)[C@@H](O)[C@@H]4O)[C@H](O)[C@H]3NC(C)=O)[C@@H](O)[C@H](O[C@H]3O[C@H](CO)[C@@H](O)[C@H](O)[C@@H]3O[C@@H]3O[C@H](CO)[C@@H](O[C@@H]4O[C@H](CO)[C@H](O)[C@H](O)[C@H]4O)[C@H](O)[C@H]3NC(C)=O)[C@@H]2O)[C@@H]1O. The lowest BCUT2D eigenvalue weighted by molar-refractivity contribution is -0.404. The van der Waals surface area contributed by atoms with Gasteiger partial charge in [-0.25, -0.2) is 0 Å². The van der Waals surface area contributed by atoms with Crippen LogP contribution in [0.4, 0.5) is 0 Å². The Morgan fingerprint density at radius 3 is 0.863 bits per heavy atom. The molecule has 0 bridgehead atoms. The van der Waals surface area contributed by atoms with Gasteiger partial charge in [-0.15, -0.1) is 0 Å². The molecule has 60 atom stereocenters. The Morgan fingerprint density at radius 2 is 0.438 bits per heavy atom. The van der Waals surface area contributed by atoms with Crippen LogP contribution in [0.15, 0.2) is 0 Å². The number of nitrogens with one attached hydrogen (secondary N) is 5. The summed E-state index contributed by atoms with van der Waals surface area (Å²) in [6, 6.07) is -9.85. The second kappa shape index (κ2) is 52.2. The van der Waals surface area contributed by atoms with E-state index < -0.39 is 464 Å². The fourth-order valence-corrected chi connectivity index (χ4v) is 19.1. The minimum absolute atomic E-state index is 0.872. The molecule has 64 nitrogen and oxygen atoms in total. The van der Waals surface area contributed by atoms with Gasteiger partial charge in [-0.1, -0.05) is 0 Å². The third-order valence-electron chi connectivity index (χ3n) is 27.0. The van der Waals surface area contributed by atoms with Gasteiger partial charge in [0.15, 0.2) is 75.5 Å². The Bertz CT molecular complexity index is 4090. The maximum atomic E-state index is 13.5. The van der Waals surface area contributed by atoms with Crippen LogP contribution in [0.3, 0.4) is 0 Å². The number of hydrogen-bond donors (Lipinski definition) is 36. The molecule has 0 saturated carbocycles. The second-order valence-electron chi connectivity index (χ2n) is 37.3. The number of amides is 5. The highest BCUT2D eigenvalue weighted by Crippen LogP contribution is 2.43. The maximum Gasteiger partial charge on any atom is 0.217 e. The molecule has 0 aromatic rings. The Morgan fingerprint density at radius 1 is 0.192 bits per heavy atom. The Balaban J connectivity index is 0.875. The van der Waals surface area contributed by atoms with Crippen LogP contribution in [-0.2, 0) is 133 Å². The van der Waals surface area contributed by atoms with E-state index in [0.717, 1.165) is 34.6 Å². The normalized spacial score (nSPS) is 49.8. The molecular formula is C82H137N5O59. The number of aliphatic hydroxyl groups excluding tert-OH is 31. The zero-order chi connectivity index (χ0) is 107. The first-order chi connectivity index (χ1) is 69.0. The van der Waals surface area contributed by atoms with Gasteiger partial charge in [0.1, 0.15) is 280 Å². The molecule has 12 fully saturated rings. The smallest absolute Gasteiger partial charge is 0.217 e. The summed E-state index contributed by atoms with van der Waals surface area (Å²) in [7, 11) is 0. The fraction of sp³-hybridized carbons (Fsp3) is 0.939. The molecule has 12 aliphatic rings. The van der Waals surface area contributed by atoms with Crippen LogP contribution in [0.1, 0.15) is 48.5 Å². The number of ether oxygens (including phenoxy) is 23. The van der Waals surface area contributed by atoms with Crippen LogP contribution in [0.25, 0.3) is 0 Å². The first-order valence-electron chi connectivity index (χ1n) is 46.9. The Labute approximate surface area is 827 Å². The molecule has 36 N–H and O–H groups in total. The lowest BCUT2D eigenvalue weighted by Crippen LogP contribution is -2.71. The number of aliphatic hydroxyl groups is 31. The summed E-state index contributed by atoms with van der Waals surface area (Å²) in [6.45, 7) is -4.60. The van der Waals surface area contributed by atoms with Crippen molar-refractivity contribution in [2.45, 2.75) is 417 Å². The monoisotopic (exact) mass is 2140 g/mol. The predicted molar refractivity (Wildman–Crippen MR) is 450 cm³/mol. The van der Waals surface area contributed by atoms with E-state index in [2.05, 4.69) is 26.6 Å². The number of carbonyl (C=O) groups excluding carboxylic acids is 5. The zero-order valence-corrected chi connectivity index (χ0v) is 79.0. The highest BCUT2D eigenvalue weighted by Gasteiger charge is 2.64. The molecule has 0 aliphatic carbocycles. The van der Waals surface area contributed by atoms with Crippen molar-refractivity contribution in [3.05, 3.63) is 0 Å². The lowest BCUT2D eigenvalue weighted by Gasteiger charge is -2.51. The van der Waals surface area contributed by atoms with Crippen LogP contribution in [-0.4, -0.2) is 622 Å². The number of rotatable bonds is 37. The largest absolute Gasteiger partial charge is 0.394 e. The quantitative estimate of drug-likeness (QED) is 0.0275. The number of carbonyl (C=O) groups is 5. The van der Waals surface area contributed by atoms with Crippen molar-refractivity contribution in [1.29, 1.82) is 0 Å². The molecule has 0 spiro atoms. The van der Waals surface area contributed by atoms with Gasteiger partial charge in [0.2, 0.25) is 29.5 Å². The minimum atomic E-state index is -2.70. The standard InChI is InChI=1S/C82H137N5O59/c1-18-40(101)53(114)58(119)76(126-18)124-17-34-65(49(110)35(71(123)128-34)83-20(3)96)138-73-37(85-22(5)98)50(111)63(31(14-94)134-73)140-79-61(122)66(142-81-69(57(118)45(106)28(11-91)132-81)145-75-38(86-23(6)99)51(112)62(30(13-93)135-75)139-78-60(121)55(116)43(104)26(9-89)130-78)47(108)33(137-79)16-125-80-68(56(117)44(105)27(10-90)131-80)144-74-39(87-24(7)100)52(113)64(32(15-95)136-74)141-82-70(146-77-59(120)54(115)41(102)19(2)127-77)67(46(107)29(12-92)133-82)143-72-36(84-21(4)97)48(109)42(103)25(8-88)129-72/h18-19,25-82,88-95,101-123H,8-17H2,1-7H3,(H,83,96)(H,84,97)(H,85,98)(H,86,99)(H,87,100)/t18-,19-,25+,26+,27+,28+,29+,30+,31+,32+,33+,34+,35+,36+,37+,38+,39+,40+,41+,42-,43-,44+,45+,46-,47+,48+,49+,50+,51+,52+,53+,54+,55-,56-,57-,58-,59-,60+,61-,62+,63+,64+,65+,66-,67-,68-,69-,70+,71?,72+,73-,74-,75-,76+,77-,78-,79-,80-,81+,82-/m0/s1. The molecule has 64 heteroatoms. The van der Waals surface area contributed by atoms with Gasteiger partial charge in [0.25, 0.3) is 0 Å². The maximum absolute atomic E-state index is 13.5. The van der Waals surface area contributed by atoms with Crippen LogP contribution < -0.4 is 26.6 Å². The molecule has 0 aromatic heterocycles. The molecule has 844 valence electrons. The van der Waals surface area contributed by atoms with Crippen molar-refractivity contribution < 1.29 is 291 Å². The van der Waals surface area contributed by atoms with E-state index in [9.17, 15) is 182 Å². The van der Waals surface area contributed by atoms with E-state index >= 15 is 0 Å². The first-order valence-corrected chi connectivity index (χ1v) is 46.9. The van der Waals surface area contributed by atoms with Gasteiger partial charge in [0.05, 0.1) is 78.3 Å². The van der Waals surface area contributed by atoms with Crippen molar-refractivity contribution in [2.24, 2.45) is 0 Å². The summed E-state index contributed by atoms with van der Waals surface area (Å²) in [5, 5.41) is 364. The van der Waals surface area contributed by atoms with Gasteiger partial charge < -0.3 is 294 Å². The zero-order valence-electron chi connectivity index (χ0n) is 79.0. The molecule has 12 aliphatic heterocycles. The van der Waals surface area contributed by atoms with Crippen LogP contribution in [0, 0.1) is 0 Å². The Hall–Kier alpha value is -4.81. The average molecular weight is 2140 g/mol. The topological polar surface area (TPSA) is 985 Å². The van der Waals surface area contributed by atoms with E-state index in [0.29, 0.717) is 0 Å². The fourth-order valence-electron chi connectivity index (χ4n) is 19.1. The molecule has 5 amide bonds. The summed E-state index contributed by atoms with van der Waals surface area (Å²) in [6.07, 6.45) is -117. The summed E-state index contributed by atoms with van der Waals surface area (Å²) in [5.74, 6) is -4.85. The van der Waals surface area contributed by atoms with Crippen LogP contribution in [0.2, 0.25) is 0 Å². The van der Waals surface area contributed by atoms with Gasteiger partial charge in [-0.2, -0.15) is 0 Å². The second-order valence-corrected chi connectivity index (χ2v) is 37.3. The summed E-state index contributed by atoms with van der Waals surface area (Å²) >= 11 is 0. The van der Waals surface area contributed by atoms with Crippen LogP contribution >= 0.6 is 0 Å². The van der Waals surface area contributed by atoms with Gasteiger partial charge in [-0.05, 0) is 13.8 Å². The van der Waals surface area contributed by atoms with Crippen molar-refractivity contribution in [3.63, 3.8) is 0 Å². The summed E-state index contributed by atoms with van der Waals surface area (Å²) < 4.78 is 139. The average Bonchev–Trinajstić information content (AvgIpc) is 0.753. The first kappa shape index (κ1) is 120. The number of hydrogen-bond acceptors (Lipinski definition) is 59. The van der Waals surface area contributed by atoms with Crippen molar-refractivity contribution in [2.75, 3.05) is 66.1 Å². The molecule has 12 rings (SSSR count). The van der Waals surface area contributed by atoms with Gasteiger partial charge >= 0.3 is 0 Å². The predicted octanol–water partition coefficient (Wildman–Crippen LogP) is -24.4. The summed E-state index contributed by atoms with van der Waals surface area (Å²) in [4.78, 5) is 65.2. The molecule has 12 saturated heterocycles. The van der Waals surface area contributed by atoms with Gasteiger partial charge in [0, 0.05) is 34.6 Å². The minimum Gasteiger partial charge on any atom is -0.394 e.